The van der Waals surface area contributed by atoms with E-state index in [-0.39, 0.29) is 5.41 Å². The minimum Gasteiger partial charge on any atom is -0.0839 e. The van der Waals surface area contributed by atoms with Gasteiger partial charge in [-0.25, -0.2) is 0 Å². The molecule has 0 N–H and O–H groups in total. The van der Waals surface area contributed by atoms with Gasteiger partial charge in [-0.1, -0.05) is 139 Å². The average Bonchev–Trinajstić information content (AvgIpc) is 3.25. The number of hydrogen-bond donors (Lipinski definition) is 0. The molecule has 0 saturated carbocycles. The molecule has 0 radical (unpaired) electrons. The second kappa shape index (κ2) is 16.3. The average molecular weight is 429 g/mol. The molecule has 5 unspecified atom stereocenters. The second-order valence-corrected chi connectivity index (χ2v) is 7.49. The first-order chi connectivity index (χ1) is 15.1. The third-order valence-corrected chi connectivity index (χ3v) is 7.04. The Morgan fingerprint density at radius 1 is 0.677 bits per heavy atom. The molecule has 5 atom stereocenters. The smallest absolute Gasteiger partial charge is 0.0267 e. The molecule has 180 valence electrons. The Kier molecular flexibility index (Phi) is 16.8. The first-order valence-electron chi connectivity index (χ1n) is 13.6. The van der Waals surface area contributed by atoms with Gasteiger partial charge >= 0.3 is 0 Å². The quantitative estimate of drug-likeness (QED) is 0.385. The second-order valence-electron chi connectivity index (χ2n) is 7.49. The Morgan fingerprint density at radius 3 is 1.71 bits per heavy atom. The SMILES string of the molecule is CC.CC.CC.CC.CC.CC1C2=C(C=CCC2)C2(c3ccccc3C(C)C2C)C1C. The first kappa shape index (κ1) is 31.9. The van der Waals surface area contributed by atoms with E-state index in [9.17, 15) is 0 Å². The first-order valence-corrected chi connectivity index (χ1v) is 13.6. The lowest BCUT2D eigenvalue weighted by Gasteiger charge is -2.40. The number of fused-ring (bicyclic) bond motifs is 3. The van der Waals surface area contributed by atoms with Crippen molar-refractivity contribution < 1.29 is 0 Å². The van der Waals surface area contributed by atoms with Crippen LogP contribution in [0, 0.1) is 17.8 Å². The predicted octanol–water partition coefficient (Wildman–Crippen LogP) is 10.7. The molecule has 0 amide bonds. The van der Waals surface area contributed by atoms with Gasteiger partial charge in [0.25, 0.3) is 0 Å². The normalized spacial score (nSPS) is 28.6. The van der Waals surface area contributed by atoms with E-state index in [4.69, 9.17) is 0 Å². The molecule has 1 aromatic rings. The van der Waals surface area contributed by atoms with Gasteiger partial charge in [0, 0.05) is 5.41 Å². The van der Waals surface area contributed by atoms with E-state index < -0.39 is 0 Å². The molecule has 0 heteroatoms. The summed E-state index contributed by atoms with van der Waals surface area (Å²) in [5.74, 6) is 2.80. The summed E-state index contributed by atoms with van der Waals surface area (Å²) in [6.07, 6.45) is 7.40. The van der Waals surface area contributed by atoms with Gasteiger partial charge in [-0.15, -0.1) is 0 Å². The van der Waals surface area contributed by atoms with Crippen molar-refractivity contribution in [3.8, 4) is 0 Å². The number of hydrogen-bond acceptors (Lipinski definition) is 0. The summed E-state index contributed by atoms with van der Waals surface area (Å²) < 4.78 is 0. The van der Waals surface area contributed by atoms with Crippen molar-refractivity contribution in [2.24, 2.45) is 17.8 Å². The molecule has 3 aliphatic rings. The Bertz CT molecular complexity index is 648. The van der Waals surface area contributed by atoms with Crippen LogP contribution in [0.4, 0.5) is 0 Å². The minimum absolute atomic E-state index is 0.266. The fourth-order valence-electron chi connectivity index (χ4n) is 5.73. The molecular formula is C31H56. The molecule has 1 aromatic carbocycles. The van der Waals surface area contributed by atoms with Gasteiger partial charge in [-0.05, 0) is 53.2 Å². The molecular weight excluding hydrogens is 372 g/mol. The van der Waals surface area contributed by atoms with Crippen molar-refractivity contribution in [3.63, 3.8) is 0 Å². The van der Waals surface area contributed by atoms with Crippen LogP contribution in [0.1, 0.15) is 127 Å². The molecule has 0 bridgehead atoms. The van der Waals surface area contributed by atoms with E-state index in [1.165, 1.54) is 12.8 Å². The summed E-state index contributed by atoms with van der Waals surface area (Å²) in [5, 5.41) is 0. The molecule has 0 fully saturated rings. The van der Waals surface area contributed by atoms with Gasteiger partial charge in [0.1, 0.15) is 0 Å². The lowest BCUT2D eigenvalue weighted by atomic mass is 9.63. The van der Waals surface area contributed by atoms with E-state index in [1.54, 1.807) is 22.3 Å². The third-order valence-electron chi connectivity index (χ3n) is 7.04. The van der Waals surface area contributed by atoms with E-state index in [1.807, 2.05) is 69.2 Å². The topological polar surface area (TPSA) is 0 Å². The molecule has 0 heterocycles. The Balaban J connectivity index is 0. The zero-order chi connectivity index (χ0) is 24.8. The van der Waals surface area contributed by atoms with Crippen LogP contribution in [-0.2, 0) is 5.41 Å². The highest BCUT2D eigenvalue weighted by Crippen LogP contribution is 2.65. The van der Waals surface area contributed by atoms with Crippen LogP contribution in [0.3, 0.4) is 0 Å². The number of rotatable bonds is 0. The molecule has 0 aromatic heterocycles. The summed E-state index contributed by atoms with van der Waals surface area (Å²) in [6, 6.07) is 9.24. The third kappa shape index (κ3) is 5.55. The lowest BCUT2D eigenvalue weighted by molar-refractivity contribution is 0.230. The summed E-state index contributed by atoms with van der Waals surface area (Å²) in [5.41, 5.74) is 6.92. The number of benzene rings is 1. The molecule has 3 aliphatic carbocycles. The van der Waals surface area contributed by atoms with Crippen LogP contribution in [0.15, 0.2) is 47.6 Å². The monoisotopic (exact) mass is 428 g/mol. The summed E-state index contributed by atoms with van der Waals surface area (Å²) >= 11 is 0. The van der Waals surface area contributed by atoms with Gasteiger partial charge in [-0.2, -0.15) is 0 Å². The van der Waals surface area contributed by atoms with Crippen LogP contribution in [0.25, 0.3) is 0 Å². The molecule has 1 spiro atoms. The zero-order valence-electron chi connectivity index (χ0n) is 23.7. The van der Waals surface area contributed by atoms with Crippen molar-refractivity contribution in [1.82, 2.24) is 0 Å². The predicted molar refractivity (Wildman–Crippen MR) is 146 cm³/mol. The van der Waals surface area contributed by atoms with Crippen LogP contribution in [0.2, 0.25) is 0 Å². The van der Waals surface area contributed by atoms with Gasteiger partial charge in [0.05, 0.1) is 0 Å². The fourth-order valence-corrected chi connectivity index (χ4v) is 5.73. The Labute approximate surface area is 197 Å². The largest absolute Gasteiger partial charge is 0.0839 e. The maximum atomic E-state index is 2.50. The van der Waals surface area contributed by atoms with Gasteiger partial charge < -0.3 is 0 Å². The molecule has 4 rings (SSSR count). The van der Waals surface area contributed by atoms with Crippen LogP contribution < -0.4 is 0 Å². The van der Waals surface area contributed by atoms with E-state index in [0.717, 1.165) is 5.92 Å². The Hall–Kier alpha value is -1.30. The maximum absolute atomic E-state index is 2.50. The summed E-state index contributed by atoms with van der Waals surface area (Å²) in [6.45, 7) is 29.9. The van der Waals surface area contributed by atoms with Crippen LogP contribution >= 0.6 is 0 Å². The standard InChI is InChI=1S/C21H26.5C2H6/c1-13-15(3)21(19-11-7-5-9-17(13)19)16(4)14(2)18-10-6-8-12-20(18)21;5*1-2/h5,7-9,11-16H,6,10H2,1-4H3;5*1-2H3. The van der Waals surface area contributed by atoms with Crippen molar-refractivity contribution in [2.75, 3.05) is 0 Å². The van der Waals surface area contributed by atoms with E-state index in [2.05, 4.69) is 64.1 Å². The maximum Gasteiger partial charge on any atom is 0.0267 e. The van der Waals surface area contributed by atoms with Gasteiger partial charge in [0.15, 0.2) is 0 Å². The lowest BCUT2D eigenvalue weighted by Crippen LogP contribution is -2.37. The van der Waals surface area contributed by atoms with Crippen molar-refractivity contribution in [2.45, 2.75) is 121 Å². The van der Waals surface area contributed by atoms with Gasteiger partial charge in [0.2, 0.25) is 0 Å². The van der Waals surface area contributed by atoms with Crippen LogP contribution in [-0.4, -0.2) is 0 Å². The fraction of sp³-hybridized carbons (Fsp3) is 0.677. The highest BCUT2D eigenvalue weighted by Gasteiger charge is 2.58. The summed E-state index contributed by atoms with van der Waals surface area (Å²) in [7, 11) is 0. The zero-order valence-corrected chi connectivity index (χ0v) is 23.7. The van der Waals surface area contributed by atoms with E-state index >= 15 is 0 Å². The minimum atomic E-state index is 0.266. The molecule has 0 aliphatic heterocycles. The molecule has 31 heavy (non-hydrogen) atoms. The number of allylic oxidation sites excluding steroid dienone is 4. The summed E-state index contributed by atoms with van der Waals surface area (Å²) in [4.78, 5) is 0. The van der Waals surface area contributed by atoms with Gasteiger partial charge in [-0.3, -0.25) is 0 Å². The highest BCUT2D eigenvalue weighted by molar-refractivity contribution is 5.59. The molecule has 0 saturated heterocycles. The van der Waals surface area contributed by atoms with Crippen LogP contribution in [0.5, 0.6) is 0 Å². The van der Waals surface area contributed by atoms with Crippen molar-refractivity contribution in [1.29, 1.82) is 0 Å². The van der Waals surface area contributed by atoms with Crippen molar-refractivity contribution >= 4 is 0 Å². The van der Waals surface area contributed by atoms with Crippen molar-refractivity contribution in [3.05, 3.63) is 58.7 Å². The molecule has 0 nitrogen and oxygen atoms in total. The highest BCUT2D eigenvalue weighted by atomic mass is 14.6. The van der Waals surface area contributed by atoms with E-state index in [0.29, 0.717) is 17.8 Å². The Morgan fingerprint density at radius 2 is 1.16 bits per heavy atom.